The van der Waals surface area contributed by atoms with Crippen LogP contribution in [0.3, 0.4) is 0 Å². The Morgan fingerprint density at radius 2 is 1.67 bits per heavy atom. The van der Waals surface area contributed by atoms with Crippen molar-refractivity contribution >= 4 is 17.4 Å². The molecule has 1 N–H and O–H groups in total. The number of Topliss-reactive ketones (excluding diaryl/α,β-unsaturated/α-hetero) is 1. The normalized spacial score (nSPS) is 10.4. The molecule has 0 aliphatic rings. The van der Waals surface area contributed by atoms with E-state index in [1.54, 1.807) is 37.7 Å². The number of benzene rings is 1. The number of carbonyl (C=O) groups is 2. The van der Waals surface area contributed by atoms with Gasteiger partial charge in [-0.25, -0.2) is 0 Å². The minimum atomic E-state index is -0.718. The maximum atomic E-state index is 12.5. The monoisotopic (exact) mass is 331 g/mol. The Morgan fingerprint density at radius 3 is 2.17 bits per heavy atom. The van der Waals surface area contributed by atoms with Crippen molar-refractivity contribution in [3.05, 3.63) is 34.6 Å². The molecule has 0 fully saturated rings. The number of nitrogens with zero attached hydrogens (tertiary/aromatic N) is 2. The van der Waals surface area contributed by atoms with Gasteiger partial charge in [-0.05, 0) is 32.4 Å². The van der Waals surface area contributed by atoms with Gasteiger partial charge in [-0.2, -0.15) is 5.10 Å². The molecular weight excluding hydrogens is 310 g/mol. The highest BCUT2D eigenvalue weighted by Crippen LogP contribution is 2.33. The van der Waals surface area contributed by atoms with E-state index in [9.17, 15) is 9.59 Å². The number of ether oxygens (including phenoxy) is 2. The molecule has 2 rings (SSSR count). The summed E-state index contributed by atoms with van der Waals surface area (Å²) >= 11 is 0. The van der Waals surface area contributed by atoms with Crippen LogP contribution < -0.4 is 14.8 Å². The Labute approximate surface area is 140 Å². The van der Waals surface area contributed by atoms with E-state index in [1.165, 1.54) is 14.2 Å². The largest absolute Gasteiger partial charge is 0.493 e. The van der Waals surface area contributed by atoms with Crippen LogP contribution in [0.4, 0.5) is 5.69 Å². The fourth-order valence-corrected chi connectivity index (χ4v) is 2.51. The van der Waals surface area contributed by atoms with Crippen molar-refractivity contribution in [3.63, 3.8) is 0 Å². The van der Waals surface area contributed by atoms with Crippen LogP contribution in [0.15, 0.2) is 12.1 Å². The molecule has 24 heavy (non-hydrogen) atoms. The van der Waals surface area contributed by atoms with Gasteiger partial charge in [-0.15, -0.1) is 0 Å². The van der Waals surface area contributed by atoms with Gasteiger partial charge in [0.05, 0.1) is 25.5 Å². The molecular formula is C17H21N3O4. The van der Waals surface area contributed by atoms with Crippen molar-refractivity contribution in [3.8, 4) is 11.5 Å². The van der Waals surface area contributed by atoms with Gasteiger partial charge in [0.25, 0.3) is 11.7 Å². The van der Waals surface area contributed by atoms with Crippen LogP contribution in [-0.2, 0) is 11.8 Å². The highest BCUT2D eigenvalue weighted by Gasteiger charge is 2.24. The summed E-state index contributed by atoms with van der Waals surface area (Å²) in [7, 11) is 4.77. The van der Waals surface area contributed by atoms with Gasteiger partial charge in [-0.1, -0.05) is 0 Å². The Hall–Kier alpha value is -2.83. The molecule has 1 aromatic heterocycles. The van der Waals surface area contributed by atoms with E-state index in [0.717, 1.165) is 5.56 Å². The third kappa shape index (κ3) is 3.10. The molecule has 0 radical (unpaired) electrons. The zero-order valence-corrected chi connectivity index (χ0v) is 14.7. The second-order valence-corrected chi connectivity index (χ2v) is 5.47. The summed E-state index contributed by atoms with van der Waals surface area (Å²) in [5, 5.41) is 6.81. The molecule has 0 saturated carbocycles. The van der Waals surface area contributed by atoms with Crippen molar-refractivity contribution < 1.29 is 19.1 Å². The number of carbonyl (C=O) groups excluding carboxylic acids is 2. The van der Waals surface area contributed by atoms with Gasteiger partial charge < -0.3 is 14.8 Å². The van der Waals surface area contributed by atoms with E-state index in [0.29, 0.717) is 34.1 Å². The first-order valence-corrected chi connectivity index (χ1v) is 7.38. The number of amides is 1. The topological polar surface area (TPSA) is 82.5 Å². The number of aromatic nitrogens is 2. The highest BCUT2D eigenvalue weighted by atomic mass is 16.5. The van der Waals surface area contributed by atoms with Crippen molar-refractivity contribution in [1.82, 2.24) is 9.78 Å². The summed E-state index contributed by atoms with van der Waals surface area (Å²) < 4.78 is 12.0. The van der Waals surface area contributed by atoms with Crippen LogP contribution in [0.2, 0.25) is 0 Å². The van der Waals surface area contributed by atoms with Crippen LogP contribution in [0.1, 0.15) is 27.3 Å². The third-order valence-electron chi connectivity index (χ3n) is 3.92. The molecule has 1 heterocycles. The average Bonchev–Trinajstić information content (AvgIpc) is 2.80. The van der Waals surface area contributed by atoms with Crippen molar-refractivity contribution in [1.29, 1.82) is 0 Å². The molecule has 1 amide bonds. The lowest BCUT2D eigenvalue weighted by atomic mass is 10.1. The summed E-state index contributed by atoms with van der Waals surface area (Å²) in [6.45, 7) is 5.26. The molecule has 0 atom stereocenters. The van der Waals surface area contributed by atoms with Crippen molar-refractivity contribution in [2.75, 3.05) is 19.5 Å². The second-order valence-electron chi connectivity index (χ2n) is 5.47. The number of hydrogen-bond donors (Lipinski definition) is 1. The van der Waals surface area contributed by atoms with Gasteiger partial charge in [-0.3, -0.25) is 14.3 Å². The number of nitrogens with one attached hydrogen (secondary N) is 1. The molecule has 0 aliphatic heterocycles. The number of aryl methyl sites for hydroxylation is 3. The number of anilines is 1. The minimum Gasteiger partial charge on any atom is -0.493 e. The van der Waals surface area contributed by atoms with E-state index in [4.69, 9.17) is 9.47 Å². The molecule has 0 spiro atoms. The van der Waals surface area contributed by atoms with Crippen LogP contribution >= 0.6 is 0 Å². The second kappa shape index (κ2) is 6.74. The van der Waals surface area contributed by atoms with Crippen LogP contribution in [0.25, 0.3) is 0 Å². The molecule has 2 aromatic rings. The molecule has 0 saturated heterocycles. The Balaban J connectivity index is 2.31. The minimum absolute atomic E-state index is 0.327. The SMILES string of the molecule is COc1cc(C)c(NC(=O)C(=O)c2c(C)nn(C)c2C)cc1OC. The van der Waals surface area contributed by atoms with E-state index in [2.05, 4.69) is 10.4 Å². The predicted octanol–water partition coefficient (Wildman–Crippen LogP) is 2.18. The lowest BCUT2D eigenvalue weighted by molar-refractivity contribution is -0.112. The van der Waals surface area contributed by atoms with Gasteiger partial charge in [0.1, 0.15) is 0 Å². The van der Waals surface area contributed by atoms with E-state index < -0.39 is 11.7 Å². The average molecular weight is 331 g/mol. The number of hydrogen-bond acceptors (Lipinski definition) is 5. The first-order chi connectivity index (χ1) is 11.3. The molecule has 7 heteroatoms. The predicted molar refractivity (Wildman–Crippen MR) is 89.9 cm³/mol. The van der Waals surface area contributed by atoms with Crippen LogP contribution in [-0.4, -0.2) is 35.7 Å². The Bertz CT molecular complexity index is 809. The third-order valence-corrected chi connectivity index (χ3v) is 3.92. The first-order valence-electron chi connectivity index (χ1n) is 7.38. The summed E-state index contributed by atoms with van der Waals surface area (Å²) in [4.78, 5) is 24.8. The zero-order valence-electron chi connectivity index (χ0n) is 14.7. The maximum absolute atomic E-state index is 12.5. The smallest absolute Gasteiger partial charge is 0.296 e. The van der Waals surface area contributed by atoms with Crippen LogP contribution in [0.5, 0.6) is 11.5 Å². The molecule has 128 valence electrons. The highest BCUT2D eigenvalue weighted by molar-refractivity contribution is 6.47. The zero-order chi connectivity index (χ0) is 18.0. The van der Waals surface area contributed by atoms with Crippen molar-refractivity contribution in [2.45, 2.75) is 20.8 Å². The fourth-order valence-electron chi connectivity index (χ4n) is 2.51. The summed E-state index contributed by atoms with van der Waals surface area (Å²) in [6, 6.07) is 3.36. The fraction of sp³-hybridized carbons (Fsp3) is 0.353. The molecule has 0 bridgehead atoms. The van der Waals surface area contributed by atoms with Gasteiger partial charge in [0.2, 0.25) is 0 Å². The molecule has 0 aliphatic carbocycles. The van der Waals surface area contributed by atoms with E-state index in [1.807, 2.05) is 6.92 Å². The Morgan fingerprint density at radius 1 is 1.08 bits per heavy atom. The summed E-state index contributed by atoms with van der Waals surface area (Å²) in [5.41, 5.74) is 2.75. The van der Waals surface area contributed by atoms with Gasteiger partial charge >= 0.3 is 0 Å². The van der Waals surface area contributed by atoms with Crippen molar-refractivity contribution in [2.24, 2.45) is 7.05 Å². The van der Waals surface area contributed by atoms with Gasteiger partial charge in [0, 0.05) is 24.5 Å². The number of rotatable bonds is 5. The number of methoxy groups -OCH3 is 2. The molecule has 0 unspecified atom stereocenters. The number of ketones is 1. The quantitative estimate of drug-likeness (QED) is 0.671. The van der Waals surface area contributed by atoms with Gasteiger partial charge in [0.15, 0.2) is 11.5 Å². The lowest BCUT2D eigenvalue weighted by Crippen LogP contribution is -2.24. The van der Waals surface area contributed by atoms with E-state index in [-0.39, 0.29) is 0 Å². The first kappa shape index (κ1) is 17.5. The molecule has 1 aromatic carbocycles. The Kier molecular flexibility index (Phi) is 4.92. The van der Waals surface area contributed by atoms with Crippen LogP contribution in [0, 0.1) is 20.8 Å². The molecule has 7 nitrogen and oxygen atoms in total. The summed E-state index contributed by atoms with van der Waals surface area (Å²) in [6.07, 6.45) is 0. The summed E-state index contributed by atoms with van der Waals surface area (Å²) in [5.74, 6) is -0.310. The van der Waals surface area contributed by atoms with E-state index >= 15 is 0 Å². The standard InChI is InChI=1S/C17H21N3O4/c1-9-7-13(23-5)14(24-6)8-12(9)18-17(22)16(21)15-10(2)19-20(4)11(15)3/h7-8H,1-6H3,(H,18,22). The maximum Gasteiger partial charge on any atom is 0.296 e. The lowest BCUT2D eigenvalue weighted by Gasteiger charge is -2.13.